The molecule has 1 saturated heterocycles. The van der Waals surface area contributed by atoms with E-state index in [1.54, 1.807) is 24.0 Å². The minimum absolute atomic E-state index is 0.126. The highest BCUT2D eigenvalue weighted by atomic mass is 32.2. The molecule has 7 heteroatoms. The van der Waals surface area contributed by atoms with Crippen molar-refractivity contribution in [1.29, 1.82) is 0 Å². The maximum absolute atomic E-state index is 12.6. The van der Waals surface area contributed by atoms with E-state index in [0.717, 1.165) is 42.3 Å². The third-order valence-electron chi connectivity index (χ3n) is 4.21. The van der Waals surface area contributed by atoms with Crippen LogP contribution < -0.4 is 0 Å². The van der Waals surface area contributed by atoms with E-state index in [-0.39, 0.29) is 5.91 Å². The van der Waals surface area contributed by atoms with E-state index in [1.165, 1.54) is 11.8 Å². The van der Waals surface area contributed by atoms with Crippen molar-refractivity contribution in [2.45, 2.75) is 43.4 Å². The number of aromatic nitrogens is 1. The summed E-state index contributed by atoms with van der Waals surface area (Å²) in [6.07, 6.45) is 1.23. The summed E-state index contributed by atoms with van der Waals surface area (Å²) in [7, 11) is 0. The number of thioether (sulfide) groups is 1. The molecule has 1 aliphatic rings. The number of amides is 1. The van der Waals surface area contributed by atoms with Crippen LogP contribution in [-0.4, -0.2) is 41.1 Å². The van der Waals surface area contributed by atoms with Crippen molar-refractivity contribution in [3.63, 3.8) is 0 Å². The SMILES string of the molecule is Cc1cc(CSc2ccccc2C(=O)O[C@@H](C)C(=O)N2CCCC2)no1. The fourth-order valence-electron chi connectivity index (χ4n) is 2.87. The lowest BCUT2D eigenvalue weighted by Crippen LogP contribution is -2.38. The van der Waals surface area contributed by atoms with Crippen molar-refractivity contribution in [3.8, 4) is 0 Å². The van der Waals surface area contributed by atoms with Gasteiger partial charge in [0.2, 0.25) is 0 Å². The molecule has 26 heavy (non-hydrogen) atoms. The number of ether oxygens (including phenoxy) is 1. The molecular formula is C19H22N2O4S. The highest BCUT2D eigenvalue weighted by Crippen LogP contribution is 2.27. The van der Waals surface area contributed by atoms with E-state index >= 15 is 0 Å². The molecular weight excluding hydrogens is 352 g/mol. The van der Waals surface area contributed by atoms with Gasteiger partial charge in [-0.2, -0.15) is 0 Å². The number of carbonyl (C=O) groups excluding carboxylic acids is 2. The minimum Gasteiger partial charge on any atom is -0.449 e. The summed E-state index contributed by atoms with van der Waals surface area (Å²) in [5.74, 6) is 0.732. The molecule has 1 amide bonds. The molecule has 0 unspecified atom stereocenters. The number of nitrogens with zero attached hydrogens (tertiary/aromatic N) is 2. The van der Waals surface area contributed by atoms with E-state index in [4.69, 9.17) is 9.26 Å². The molecule has 0 radical (unpaired) electrons. The van der Waals surface area contributed by atoms with Gasteiger partial charge < -0.3 is 14.2 Å². The zero-order chi connectivity index (χ0) is 18.5. The standard InChI is InChI=1S/C19H22N2O4S/c1-13-11-15(20-25-13)12-26-17-8-4-3-7-16(17)19(23)24-14(2)18(22)21-9-5-6-10-21/h3-4,7-8,11,14H,5-6,9-10,12H2,1-2H3/t14-/m0/s1. The van der Waals surface area contributed by atoms with Gasteiger partial charge in [-0.05, 0) is 38.8 Å². The summed E-state index contributed by atoms with van der Waals surface area (Å²) in [6.45, 7) is 4.95. The quantitative estimate of drug-likeness (QED) is 0.570. The fourth-order valence-corrected chi connectivity index (χ4v) is 3.79. The van der Waals surface area contributed by atoms with Crippen LogP contribution in [0.2, 0.25) is 0 Å². The number of benzene rings is 1. The van der Waals surface area contributed by atoms with Gasteiger partial charge in [0.25, 0.3) is 5.91 Å². The molecule has 2 aromatic rings. The molecule has 2 heterocycles. The molecule has 1 fully saturated rings. The summed E-state index contributed by atoms with van der Waals surface area (Å²) < 4.78 is 10.5. The van der Waals surface area contributed by atoms with Gasteiger partial charge in [0.05, 0.1) is 11.3 Å². The molecule has 1 aromatic carbocycles. The van der Waals surface area contributed by atoms with Crippen molar-refractivity contribution in [2.24, 2.45) is 0 Å². The summed E-state index contributed by atoms with van der Waals surface area (Å²) in [5.41, 5.74) is 1.27. The van der Waals surface area contributed by atoms with Crippen LogP contribution in [0.3, 0.4) is 0 Å². The largest absolute Gasteiger partial charge is 0.449 e. The molecule has 0 spiro atoms. The van der Waals surface area contributed by atoms with Crippen LogP contribution in [0.25, 0.3) is 0 Å². The van der Waals surface area contributed by atoms with Crippen LogP contribution in [-0.2, 0) is 15.3 Å². The van der Waals surface area contributed by atoms with Crippen LogP contribution >= 0.6 is 11.8 Å². The van der Waals surface area contributed by atoms with Gasteiger partial charge in [-0.3, -0.25) is 4.79 Å². The maximum Gasteiger partial charge on any atom is 0.340 e. The lowest BCUT2D eigenvalue weighted by molar-refractivity contribution is -0.138. The van der Waals surface area contributed by atoms with Gasteiger partial charge in [0.1, 0.15) is 5.76 Å². The summed E-state index contributed by atoms with van der Waals surface area (Å²) in [5, 5.41) is 3.96. The highest BCUT2D eigenvalue weighted by Gasteiger charge is 2.27. The Morgan fingerprint density at radius 2 is 2.04 bits per heavy atom. The molecule has 0 aliphatic carbocycles. The number of rotatable bonds is 6. The Hall–Kier alpha value is -2.28. The van der Waals surface area contributed by atoms with Gasteiger partial charge in [0.15, 0.2) is 6.10 Å². The number of esters is 1. The molecule has 0 saturated carbocycles. The molecule has 138 valence electrons. The number of hydrogen-bond acceptors (Lipinski definition) is 6. The van der Waals surface area contributed by atoms with Crippen LogP contribution in [0.4, 0.5) is 0 Å². The van der Waals surface area contributed by atoms with Gasteiger partial charge in [0, 0.05) is 29.8 Å². The summed E-state index contributed by atoms with van der Waals surface area (Å²) in [4.78, 5) is 27.5. The summed E-state index contributed by atoms with van der Waals surface area (Å²) >= 11 is 1.48. The Morgan fingerprint density at radius 3 is 2.73 bits per heavy atom. The first-order valence-electron chi connectivity index (χ1n) is 8.68. The Morgan fingerprint density at radius 1 is 1.31 bits per heavy atom. The van der Waals surface area contributed by atoms with E-state index in [0.29, 0.717) is 11.3 Å². The van der Waals surface area contributed by atoms with Crippen molar-refractivity contribution in [3.05, 3.63) is 47.3 Å². The predicted molar refractivity (Wildman–Crippen MR) is 97.9 cm³/mol. The van der Waals surface area contributed by atoms with Crippen LogP contribution in [0, 0.1) is 6.92 Å². The molecule has 0 bridgehead atoms. The van der Waals surface area contributed by atoms with E-state index in [2.05, 4.69) is 5.16 Å². The zero-order valence-corrected chi connectivity index (χ0v) is 15.8. The fraction of sp³-hybridized carbons (Fsp3) is 0.421. The third kappa shape index (κ3) is 4.46. The van der Waals surface area contributed by atoms with Gasteiger partial charge in [-0.25, -0.2) is 4.79 Å². The average molecular weight is 374 g/mol. The van der Waals surface area contributed by atoms with Crippen molar-refractivity contribution in [1.82, 2.24) is 10.1 Å². The number of hydrogen-bond donors (Lipinski definition) is 0. The van der Waals surface area contributed by atoms with Crippen molar-refractivity contribution in [2.75, 3.05) is 13.1 Å². The first-order chi connectivity index (χ1) is 12.5. The number of carbonyl (C=O) groups is 2. The third-order valence-corrected chi connectivity index (χ3v) is 5.32. The van der Waals surface area contributed by atoms with E-state index in [9.17, 15) is 9.59 Å². The Balaban J connectivity index is 1.64. The van der Waals surface area contributed by atoms with Crippen LogP contribution in [0.5, 0.6) is 0 Å². The number of likely N-dealkylation sites (tertiary alicyclic amines) is 1. The first kappa shape index (κ1) is 18.5. The Labute approximate surface area is 156 Å². The van der Waals surface area contributed by atoms with Crippen molar-refractivity contribution < 1.29 is 18.8 Å². The highest BCUT2D eigenvalue weighted by molar-refractivity contribution is 7.98. The monoisotopic (exact) mass is 374 g/mol. The zero-order valence-electron chi connectivity index (χ0n) is 14.9. The normalized spacial score (nSPS) is 15.1. The second kappa shape index (κ2) is 8.40. The van der Waals surface area contributed by atoms with Gasteiger partial charge in [-0.1, -0.05) is 17.3 Å². The molecule has 1 atom stereocenters. The molecule has 1 aliphatic heterocycles. The lowest BCUT2D eigenvalue weighted by Gasteiger charge is -2.20. The lowest BCUT2D eigenvalue weighted by atomic mass is 10.2. The van der Waals surface area contributed by atoms with Gasteiger partial charge in [-0.15, -0.1) is 11.8 Å². The molecule has 1 aromatic heterocycles. The van der Waals surface area contributed by atoms with Crippen LogP contribution in [0.15, 0.2) is 39.8 Å². The Kier molecular flexibility index (Phi) is 5.98. The molecule has 3 rings (SSSR count). The van der Waals surface area contributed by atoms with E-state index < -0.39 is 12.1 Å². The van der Waals surface area contributed by atoms with Crippen molar-refractivity contribution >= 4 is 23.6 Å². The Bertz CT molecular complexity index is 783. The van der Waals surface area contributed by atoms with Crippen LogP contribution in [0.1, 0.15) is 41.6 Å². The average Bonchev–Trinajstić information content (AvgIpc) is 3.31. The maximum atomic E-state index is 12.6. The topological polar surface area (TPSA) is 72.6 Å². The predicted octanol–water partition coefficient (Wildman–Crippen LogP) is 3.44. The van der Waals surface area contributed by atoms with E-state index in [1.807, 2.05) is 25.1 Å². The molecule has 6 nitrogen and oxygen atoms in total. The number of aryl methyl sites for hydroxylation is 1. The second-order valence-corrected chi connectivity index (χ2v) is 7.31. The first-order valence-corrected chi connectivity index (χ1v) is 9.67. The van der Waals surface area contributed by atoms with Gasteiger partial charge >= 0.3 is 5.97 Å². The smallest absolute Gasteiger partial charge is 0.340 e. The minimum atomic E-state index is -0.781. The second-order valence-electron chi connectivity index (χ2n) is 6.29. The molecule has 0 N–H and O–H groups in total. The summed E-state index contributed by atoms with van der Waals surface area (Å²) in [6, 6.07) is 9.09.